The smallest absolute Gasteiger partial charge is 0.142 e. The van der Waals surface area contributed by atoms with E-state index in [2.05, 4.69) is 19.2 Å². The molecule has 1 unspecified atom stereocenters. The molecular formula is C16H23ClFN. The zero-order valence-corrected chi connectivity index (χ0v) is 12.5. The van der Waals surface area contributed by atoms with Gasteiger partial charge in [-0.3, -0.25) is 0 Å². The molecule has 0 aliphatic heterocycles. The third-order valence-corrected chi connectivity index (χ3v) is 3.89. The van der Waals surface area contributed by atoms with Crippen LogP contribution in [0.15, 0.2) is 18.2 Å². The molecule has 0 spiro atoms. The van der Waals surface area contributed by atoms with E-state index < -0.39 is 0 Å². The molecule has 1 aliphatic rings. The minimum Gasteiger partial charge on any atom is -0.314 e. The van der Waals surface area contributed by atoms with E-state index in [9.17, 15) is 4.39 Å². The monoisotopic (exact) mass is 283 g/mol. The molecule has 0 bridgehead atoms. The van der Waals surface area contributed by atoms with Crippen LogP contribution < -0.4 is 5.32 Å². The normalized spacial score (nSPS) is 16.9. The number of hydrogen-bond donors (Lipinski definition) is 1. The first-order valence-electron chi connectivity index (χ1n) is 7.22. The van der Waals surface area contributed by atoms with Gasteiger partial charge in [0.2, 0.25) is 0 Å². The second-order valence-corrected chi connectivity index (χ2v) is 6.54. The Kier molecular flexibility index (Phi) is 5.23. The van der Waals surface area contributed by atoms with E-state index in [0.29, 0.717) is 11.8 Å². The van der Waals surface area contributed by atoms with Gasteiger partial charge in [-0.2, -0.15) is 0 Å². The Hall–Kier alpha value is -0.600. The van der Waals surface area contributed by atoms with Gasteiger partial charge in [-0.1, -0.05) is 31.5 Å². The van der Waals surface area contributed by atoms with Crippen LogP contribution in [0.3, 0.4) is 0 Å². The van der Waals surface area contributed by atoms with Crippen molar-refractivity contribution in [2.45, 2.75) is 45.6 Å². The molecule has 1 aromatic rings. The van der Waals surface area contributed by atoms with Gasteiger partial charge in [0.05, 0.1) is 5.02 Å². The van der Waals surface area contributed by atoms with Crippen LogP contribution >= 0.6 is 11.6 Å². The summed E-state index contributed by atoms with van der Waals surface area (Å²) in [6.07, 6.45) is 4.71. The number of halogens is 2. The van der Waals surface area contributed by atoms with Crippen molar-refractivity contribution in [2.75, 3.05) is 6.54 Å². The van der Waals surface area contributed by atoms with E-state index in [0.717, 1.165) is 24.6 Å². The quantitative estimate of drug-likeness (QED) is 0.780. The summed E-state index contributed by atoms with van der Waals surface area (Å²) in [4.78, 5) is 0. The highest BCUT2D eigenvalue weighted by Crippen LogP contribution is 2.23. The predicted octanol–water partition coefficient (Wildman–Crippen LogP) is 4.44. The van der Waals surface area contributed by atoms with Crippen LogP contribution in [0.1, 0.15) is 38.7 Å². The van der Waals surface area contributed by atoms with E-state index in [4.69, 9.17) is 11.6 Å². The second-order valence-electron chi connectivity index (χ2n) is 6.13. The minimum atomic E-state index is -0.308. The molecule has 1 saturated carbocycles. The predicted molar refractivity (Wildman–Crippen MR) is 79.1 cm³/mol. The van der Waals surface area contributed by atoms with Crippen molar-refractivity contribution < 1.29 is 4.39 Å². The lowest BCUT2D eigenvalue weighted by molar-refractivity contribution is 0.383. The lowest BCUT2D eigenvalue weighted by Crippen LogP contribution is -2.27. The standard InChI is InChI=1S/C16H23ClFN/c1-11(2)7-13(10-19-14-4-5-14)8-12-3-6-15(17)16(18)9-12/h3,6,9,11,13-14,19H,4-5,7-8,10H2,1-2H3. The molecule has 0 aromatic heterocycles. The first-order valence-corrected chi connectivity index (χ1v) is 7.59. The third-order valence-electron chi connectivity index (χ3n) is 3.59. The highest BCUT2D eigenvalue weighted by molar-refractivity contribution is 6.30. The fraction of sp³-hybridized carbons (Fsp3) is 0.625. The van der Waals surface area contributed by atoms with Crippen LogP contribution in [0.2, 0.25) is 5.02 Å². The van der Waals surface area contributed by atoms with Crippen molar-refractivity contribution in [3.63, 3.8) is 0 Å². The average Bonchev–Trinajstić information content (AvgIpc) is 3.14. The summed E-state index contributed by atoms with van der Waals surface area (Å²) in [5.74, 6) is 0.932. The molecule has 1 nitrogen and oxygen atoms in total. The van der Waals surface area contributed by atoms with Gasteiger partial charge in [0.1, 0.15) is 5.82 Å². The van der Waals surface area contributed by atoms with Crippen molar-refractivity contribution in [1.29, 1.82) is 0 Å². The highest BCUT2D eigenvalue weighted by atomic mass is 35.5. The summed E-state index contributed by atoms with van der Waals surface area (Å²) in [6.45, 7) is 5.52. The van der Waals surface area contributed by atoms with Crippen molar-refractivity contribution in [3.8, 4) is 0 Å². The molecule has 1 N–H and O–H groups in total. The number of rotatable bonds is 7. The average molecular weight is 284 g/mol. The summed E-state index contributed by atoms with van der Waals surface area (Å²) in [5, 5.41) is 3.80. The van der Waals surface area contributed by atoms with Crippen LogP contribution in [0.5, 0.6) is 0 Å². The molecule has 0 heterocycles. The topological polar surface area (TPSA) is 12.0 Å². The van der Waals surface area contributed by atoms with Gasteiger partial charge in [0, 0.05) is 6.04 Å². The fourth-order valence-corrected chi connectivity index (χ4v) is 2.64. The van der Waals surface area contributed by atoms with Crippen molar-refractivity contribution in [2.24, 2.45) is 11.8 Å². The Bertz CT molecular complexity index is 415. The van der Waals surface area contributed by atoms with Gasteiger partial charge >= 0.3 is 0 Å². The lowest BCUT2D eigenvalue weighted by Gasteiger charge is -2.20. The zero-order chi connectivity index (χ0) is 13.8. The van der Waals surface area contributed by atoms with Gasteiger partial charge in [0.25, 0.3) is 0 Å². The summed E-state index contributed by atoms with van der Waals surface area (Å²) < 4.78 is 13.5. The third kappa shape index (κ3) is 5.12. The van der Waals surface area contributed by atoms with E-state index in [1.54, 1.807) is 12.1 Å². The van der Waals surface area contributed by atoms with E-state index in [1.165, 1.54) is 19.3 Å². The number of benzene rings is 1. The minimum absolute atomic E-state index is 0.209. The van der Waals surface area contributed by atoms with Crippen LogP contribution in [0, 0.1) is 17.7 Å². The van der Waals surface area contributed by atoms with Crippen LogP contribution in [0.25, 0.3) is 0 Å². The Morgan fingerprint density at radius 2 is 2.11 bits per heavy atom. The molecule has 106 valence electrons. The first-order chi connectivity index (χ1) is 9.04. The molecule has 2 rings (SSSR count). The van der Waals surface area contributed by atoms with Gasteiger partial charge in [-0.15, -0.1) is 0 Å². The molecule has 0 saturated heterocycles. The van der Waals surface area contributed by atoms with Crippen molar-refractivity contribution in [3.05, 3.63) is 34.6 Å². The van der Waals surface area contributed by atoms with E-state index >= 15 is 0 Å². The highest BCUT2D eigenvalue weighted by Gasteiger charge is 2.22. The maximum atomic E-state index is 13.5. The zero-order valence-electron chi connectivity index (χ0n) is 11.8. The summed E-state index contributed by atoms with van der Waals surface area (Å²) in [5.41, 5.74) is 1.05. The lowest BCUT2D eigenvalue weighted by atomic mass is 9.91. The molecule has 1 atom stereocenters. The van der Waals surface area contributed by atoms with E-state index in [1.807, 2.05) is 6.07 Å². The van der Waals surface area contributed by atoms with E-state index in [-0.39, 0.29) is 10.8 Å². The van der Waals surface area contributed by atoms with Crippen molar-refractivity contribution >= 4 is 11.6 Å². The Morgan fingerprint density at radius 3 is 2.68 bits per heavy atom. The molecule has 0 radical (unpaired) electrons. The summed E-state index contributed by atoms with van der Waals surface area (Å²) in [6, 6.07) is 5.91. The summed E-state index contributed by atoms with van der Waals surface area (Å²) in [7, 11) is 0. The molecule has 1 aliphatic carbocycles. The largest absolute Gasteiger partial charge is 0.314 e. The van der Waals surface area contributed by atoms with Gasteiger partial charge < -0.3 is 5.32 Å². The van der Waals surface area contributed by atoms with Crippen molar-refractivity contribution in [1.82, 2.24) is 5.32 Å². The first kappa shape index (κ1) is 14.8. The molecule has 0 amide bonds. The van der Waals surface area contributed by atoms with Gasteiger partial charge in [-0.05, 0) is 61.8 Å². The van der Waals surface area contributed by atoms with Gasteiger partial charge in [0.15, 0.2) is 0 Å². The summed E-state index contributed by atoms with van der Waals surface area (Å²) >= 11 is 5.73. The molecule has 1 fully saturated rings. The maximum absolute atomic E-state index is 13.5. The maximum Gasteiger partial charge on any atom is 0.142 e. The fourth-order valence-electron chi connectivity index (χ4n) is 2.53. The van der Waals surface area contributed by atoms with Crippen LogP contribution in [-0.4, -0.2) is 12.6 Å². The molecule has 19 heavy (non-hydrogen) atoms. The SMILES string of the molecule is CC(C)CC(CNC1CC1)Cc1ccc(Cl)c(F)c1. The Labute approximate surface area is 120 Å². The Balaban J connectivity index is 1.94. The number of hydrogen-bond acceptors (Lipinski definition) is 1. The number of nitrogens with one attached hydrogen (secondary N) is 1. The van der Waals surface area contributed by atoms with Gasteiger partial charge in [-0.25, -0.2) is 4.39 Å². The molecular weight excluding hydrogens is 261 g/mol. The molecule has 3 heteroatoms. The van der Waals surface area contributed by atoms with Crippen LogP contribution in [0.4, 0.5) is 4.39 Å². The Morgan fingerprint density at radius 1 is 1.37 bits per heavy atom. The van der Waals surface area contributed by atoms with Crippen LogP contribution in [-0.2, 0) is 6.42 Å². The second kappa shape index (κ2) is 6.71. The molecule has 1 aromatic carbocycles.